The number of hydrogen-bond donors (Lipinski definition) is 1. The molecule has 5 nitrogen and oxygen atoms in total. The van der Waals surface area contributed by atoms with E-state index >= 15 is 0 Å². The molecule has 0 spiro atoms. The maximum Gasteiger partial charge on any atom is 0.253 e. The summed E-state index contributed by atoms with van der Waals surface area (Å²) < 4.78 is 17.6. The van der Waals surface area contributed by atoms with Crippen LogP contribution < -0.4 is 5.32 Å². The molecule has 0 bridgehead atoms. The Morgan fingerprint density at radius 1 is 1.56 bits per heavy atom. The van der Waals surface area contributed by atoms with Gasteiger partial charge in [-0.2, -0.15) is 4.98 Å². The summed E-state index contributed by atoms with van der Waals surface area (Å²) in [6, 6.07) is 3.55. The zero-order valence-electron chi connectivity index (χ0n) is 9.41. The van der Waals surface area contributed by atoms with Gasteiger partial charge >= 0.3 is 0 Å². The molecule has 0 aliphatic carbocycles. The van der Waals surface area contributed by atoms with Crippen LogP contribution in [0.3, 0.4) is 0 Å². The Bertz CT molecular complexity index is 585. The molecule has 7 heteroatoms. The van der Waals surface area contributed by atoms with E-state index in [4.69, 9.17) is 16.1 Å². The first-order chi connectivity index (χ1) is 8.56. The zero-order valence-corrected chi connectivity index (χ0v) is 10.2. The minimum absolute atomic E-state index is 0.0502. The maximum atomic E-state index is 12.8. The van der Waals surface area contributed by atoms with Crippen molar-refractivity contribution in [2.45, 2.75) is 13.5 Å². The highest BCUT2D eigenvalue weighted by molar-refractivity contribution is 6.33. The van der Waals surface area contributed by atoms with Crippen LogP contribution in [0.5, 0.6) is 0 Å². The van der Waals surface area contributed by atoms with Gasteiger partial charge in [0.1, 0.15) is 5.82 Å². The van der Waals surface area contributed by atoms with Gasteiger partial charge in [0.2, 0.25) is 5.89 Å². The summed E-state index contributed by atoms with van der Waals surface area (Å²) in [5.41, 5.74) is 0.189. The van der Waals surface area contributed by atoms with Crippen LogP contribution >= 0.6 is 11.6 Å². The normalized spacial score (nSPS) is 10.4. The quantitative estimate of drug-likeness (QED) is 0.926. The van der Waals surface area contributed by atoms with Crippen LogP contribution in [0.1, 0.15) is 22.1 Å². The number of rotatable bonds is 3. The second-order valence-electron chi connectivity index (χ2n) is 3.54. The number of hydrogen-bond acceptors (Lipinski definition) is 4. The van der Waals surface area contributed by atoms with Gasteiger partial charge in [0.05, 0.1) is 17.1 Å². The topological polar surface area (TPSA) is 68.0 Å². The number of benzene rings is 1. The van der Waals surface area contributed by atoms with Crippen LogP contribution in [0.15, 0.2) is 22.7 Å². The van der Waals surface area contributed by atoms with E-state index in [-0.39, 0.29) is 17.1 Å². The van der Waals surface area contributed by atoms with Gasteiger partial charge in [-0.3, -0.25) is 4.79 Å². The molecule has 0 atom stereocenters. The number of nitrogens with zero attached hydrogens (tertiary/aromatic N) is 2. The lowest BCUT2D eigenvalue weighted by atomic mass is 10.2. The van der Waals surface area contributed by atoms with Crippen molar-refractivity contribution in [3.8, 4) is 0 Å². The van der Waals surface area contributed by atoms with Crippen molar-refractivity contribution < 1.29 is 13.7 Å². The molecule has 94 valence electrons. The van der Waals surface area contributed by atoms with Crippen molar-refractivity contribution in [3.05, 3.63) is 46.3 Å². The lowest BCUT2D eigenvalue weighted by molar-refractivity contribution is 0.0946. The number of carbonyl (C=O) groups excluding carboxylic acids is 1. The van der Waals surface area contributed by atoms with Crippen molar-refractivity contribution in [1.82, 2.24) is 15.5 Å². The Labute approximate surface area is 107 Å². The number of nitrogens with one attached hydrogen (secondary N) is 1. The number of aromatic nitrogens is 2. The monoisotopic (exact) mass is 269 g/mol. The lowest BCUT2D eigenvalue weighted by Crippen LogP contribution is -2.23. The van der Waals surface area contributed by atoms with Crippen LogP contribution in [-0.4, -0.2) is 16.0 Å². The van der Waals surface area contributed by atoms with Gasteiger partial charge in [0.25, 0.3) is 5.91 Å². The van der Waals surface area contributed by atoms with Crippen LogP contribution in [-0.2, 0) is 6.54 Å². The molecular formula is C11H9ClFN3O2. The van der Waals surface area contributed by atoms with Gasteiger partial charge in [-0.05, 0) is 25.1 Å². The Morgan fingerprint density at radius 3 is 2.94 bits per heavy atom. The first-order valence-electron chi connectivity index (χ1n) is 5.08. The summed E-state index contributed by atoms with van der Waals surface area (Å²) in [7, 11) is 0. The van der Waals surface area contributed by atoms with E-state index in [2.05, 4.69) is 15.5 Å². The SMILES string of the molecule is Cc1noc(CNC(=O)c2ccc(F)cc2Cl)n1. The molecule has 1 aromatic heterocycles. The molecular weight excluding hydrogens is 261 g/mol. The largest absolute Gasteiger partial charge is 0.343 e. The summed E-state index contributed by atoms with van der Waals surface area (Å²) in [6.07, 6.45) is 0. The van der Waals surface area contributed by atoms with E-state index in [1.807, 2.05) is 0 Å². The fourth-order valence-electron chi connectivity index (χ4n) is 1.34. The first kappa shape index (κ1) is 12.5. The average molecular weight is 270 g/mol. The Morgan fingerprint density at radius 2 is 2.33 bits per heavy atom. The number of halogens is 2. The van der Waals surface area contributed by atoms with E-state index in [9.17, 15) is 9.18 Å². The molecule has 2 rings (SSSR count). The summed E-state index contributed by atoms with van der Waals surface area (Å²) >= 11 is 5.76. The third kappa shape index (κ3) is 2.84. The summed E-state index contributed by atoms with van der Waals surface area (Å²) in [5.74, 6) is -0.155. The van der Waals surface area contributed by atoms with E-state index in [0.29, 0.717) is 11.7 Å². The molecule has 0 saturated heterocycles. The molecule has 2 aromatic rings. The molecule has 0 fully saturated rings. The fourth-order valence-corrected chi connectivity index (χ4v) is 1.59. The maximum absolute atomic E-state index is 12.8. The van der Waals surface area contributed by atoms with Gasteiger partial charge in [-0.15, -0.1) is 0 Å². The summed E-state index contributed by atoms with van der Waals surface area (Å²) in [4.78, 5) is 15.7. The number of aryl methyl sites for hydroxylation is 1. The highest BCUT2D eigenvalue weighted by Gasteiger charge is 2.12. The van der Waals surface area contributed by atoms with Crippen LogP contribution in [0.25, 0.3) is 0 Å². The number of carbonyl (C=O) groups is 1. The third-order valence-electron chi connectivity index (χ3n) is 2.15. The minimum atomic E-state index is -0.496. The van der Waals surface area contributed by atoms with Crippen molar-refractivity contribution in [2.75, 3.05) is 0 Å². The third-order valence-corrected chi connectivity index (χ3v) is 2.46. The van der Waals surface area contributed by atoms with Crippen molar-refractivity contribution in [2.24, 2.45) is 0 Å². The van der Waals surface area contributed by atoms with Gasteiger partial charge < -0.3 is 9.84 Å². The molecule has 1 amide bonds. The highest BCUT2D eigenvalue weighted by atomic mass is 35.5. The Balaban J connectivity index is 2.03. The molecule has 1 aromatic carbocycles. The van der Waals surface area contributed by atoms with Gasteiger partial charge in [0.15, 0.2) is 5.82 Å². The van der Waals surface area contributed by atoms with Crippen LogP contribution in [0.2, 0.25) is 5.02 Å². The van der Waals surface area contributed by atoms with Gasteiger partial charge in [0, 0.05) is 0 Å². The summed E-state index contributed by atoms with van der Waals surface area (Å²) in [5, 5.41) is 6.18. The Kier molecular flexibility index (Phi) is 3.57. The van der Waals surface area contributed by atoms with E-state index in [1.165, 1.54) is 6.07 Å². The van der Waals surface area contributed by atoms with E-state index in [1.54, 1.807) is 6.92 Å². The average Bonchev–Trinajstić information content (AvgIpc) is 2.72. The molecule has 1 heterocycles. The smallest absolute Gasteiger partial charge is 0.253 e. The molecule has 1 N–H and O–H groups in total. The first-order valence-corrected chi connectivity index (χ1v) is 5.46. The Hall–Kier alpha value is -1.95. The highest BCUT2D eigenvalue weighted by Crippen LogP contribution is 2.17. The van der Waals surface area contributed by atoms with E-state index < -0.39 is 11.7 Å². The van der Waals surface area contributed by atoms with Crippen molar-refractivity contribution in [3.63, 3.8) is 0 Å². The summed E-state index contributed by atoms with van der Waals surface area (Å²) in [6.45, 7) is 1.76. The minimum Gasteiger partial charge on any atom is -0.343 e. The molecule has 18 heavy (non-hydrogen) atoms. The van der Waals surface area contributed by atoms with Crippen LogP contribution in [0.4, 0.5) is 4.39 Å². The fraction of sp³-hybridized carbons (Fsp3) is 0.182. The molecule has 0 unspecified atom stereocenters. The molecule has 0 radical (unpaired) electrons. The molecule has 0 aliphatic heterocycles. The lowest BCUT2D eigenvalue weighted by Gasteiger charge is -2.04. The molecule has 0 saturated carbocycles. The van der Waals surface area contributed by atoms with Crippen molar-refractivity contribution >= 4 is 17.5 Å². The zero-order chi connectivity index (χ0) is 13.1. The number of amides is 1. The van der Waals surface area contributed by atoms with Gasteiger partial charge in [-0.1, -0.05) is 16.8 Å². The van der Waals surface area contributed by atoms with E-state index in [0.717, 1.165) is 12.1 Å². The second kappa shape index (κ2) is 5.14. The molecule has 0 aliphatic rings. The van der Waals surface area contributed by atoms with Crippen molar-refractivity contribution in [1.29, 1.82) is 0 Å². The standard InChI is InChI=1S/C11H9ClFN3O2/c1-6-15-10(18-16-6)5-14-11(17)8-3-2-7(13)4-9(8)12/h2-4H,5H2,1H3,(H,14,17). The predicted octanol–water partition coefficient (Wildman–Crippen LogP) is 2.10. The second-order valence-corrected chi connectivity index (χ2v) is 3.95. The van der Waals surface area contributed by atoms with Crippen LogP contribution in [0, 0.1) is 12.7 Å². The predicted molar refractivity (Wildman–Crippen MR) is 61.6 cm³/mol. The van der Waals surface area contributed by atoms with Gasteiger partial charge in [-0.25, -0.2) is 4.39 Å².